The number of benzene rings is 1. The molecular formula is C21H26N4O. The minimum absolute atomic E-state index is 0.0528. The van der Waals surface area contributed by atoms with E-state index in [0.717, 1.165) is 31.9 Å². The first-order valence-corrected chi connectivity index (χ1v) is 9.48. The number of carbonyl (C=O) groups excluding carboxylic acids is 1. The highest BCUT2D eigenvalue weighted by molar-refractivity contribution is 5.92. The average molecular weight is 350 g/mol. The number of hydrogen-bond acceptors (Lipinski definition) is 4. The molecule has 1 amide bonds. The van der Waals surface area contributed by atoms with E-state index in [4.69, 9.17) is 0 Å². The van der Waals surface area contributed by atoms with Crippen molar-refractivity contribution < 1.29 is 4.79 Å². The van der Waals surface area contributed by atoms with Crippen LogP contribution < -0.4 is 0 Å². The molecule has 3 fully saturated rings. The van der Waals surface area contributed by atoms with Gasteiger partial charge in [-0.2, -0.15) is 0 Å². The molecule has 1 aromatic carbocycles. The lowest BCUT2D eigenvalue weighted by molar-refractivity contribution is 0.0729. The van der Waals surface area contributed by atoms with Crippen molar-refractivity contribution in [2.45, 2.75) is 39.3 Å². The molecule has 2 aromatic rings. The number of rotatable bonds is 3. The van der Waals surface area contributed by atoms with E-state index < -0.39 is 0 Å². The van der Waals surface area contributed by atoms with Gasteiger partial charge >= 0.3 is 0 Å². The van der Waals surface area contributed by atoms with Gasteiger partial charge in [-0.25, -0.2) is 9.97 Å². The fraction of sp³-hybridized carbons (Fsp3) is 0.476. The third-order valence-electron chi connectivity index (χ3n) is 5.53. The largest absolute Gasteiger partial charge is 0.335 e. The number of nitrogens with zero attached hydrogens (tertiary/aromatic N) is 4. The van der Waals surface area contributed by atoms with Gasteiger partial charge in [-0.05, 0) is 44.2 Å². The van der Waals surface area contributed by atoms with Gasteiger partial charge in [0.2, 0.25) is 0 Å². The summed E-state index contributed by atoms with van der Waals surface area (Å²) in [6.07, 6.45) is 2.38. The van der Waals surface area contributed by atoms with Gasteiger partial charge in [0, 0.05) is 37.9 Å². The number of amides is 1. The van der Waals surface area contributed by atoms with E-state index in [2.05, 4.69) is 45.2 Å². The van der Waals surface area contributed by atoms with Crippen molar-refractivity contribution in [2.75, 3.05) is 19.6 Å². The lowest BCUT2D eigenvalue weighted by atomic mass is 9.94. The van der Waals surface area contributed by atoms with Crippen LogP contribution in [0.5, 0.6) is 0 Å². The van der Waals surface area contributed by atoms with Gasteiger partial charge in [0.25, 0.3) is 5.91 Å². The molecule has 0 saturated carbocycles. The molecular weight excluding hydrogens is 324 g/mol. The first-order chi connectivity index (χ1) is 12.6. The number of carbonyl (C=O) groups is 1. The number of fused-ring (bicyclic) bond motifs is 4. The minimum atomic E-state index is 0.0528. The summed E-state index contributed by atoms with van der Waals surface area (Å²) in [5.74, 6) is 1.26. The van der Waals surface area contributed by atoms with Crippen molar-refractivity contribution in [2.24, 2.45) is 5.92 Å². The molecule has 4 heterocycles. The van der Waals surface area contributed by atoms with E-state index in [-0.39, 0.29) is 5.91 Å². The first-order valence-electron chi connectivity index (χ1n) is 9.48. The van der Waals surface area contributed by atoms with Crippen LogP contribution in [0.2, 0.25) is 0 Å². The lowest BCUT2D eigenvalue weighted by Crippen LogP contribution is -2.44. The van der Waals surface area contributed by atoms with Crippen molar-refractivity contribution in [3.63, 3.8) is 0 Å². The van der Waals surface area contributed by atoms with Crippen LogP contribution in [-0.2, 0) is 6.54 Å². The molecule has 5 rings (SSSR count). The standard InChI is InChI=1S/C21H26N4O/c1-15-10-20(23-16(2)22-15)21(26)25-13-18-8-9-19(14-25)24(12-18)11-17-6-4-3-5-7-17/h3-7,10,18-19H,8-9,11-14H2,1-2H3/t18-,19-/m0/s1. The summed E-state index contributed by atoms with van der Waals surface area (Å²) >= 11 is 0. The predicted octanol–water partition coefficient (Wildman–Crippen LogP) is 2.83. The second-order valence-electron chi connectivity index (χ2n) is 7.66. The number of hydrogen-bond donors (Lipinski definition) is 0. The van der Waals surface area contributed by atoms with Gasteiger partial charge in [-0.3, -0.25) is 9.69 Å². The summed E-state index contributed by atoms with van der Waals surface area (Å²) < 4.78 is 0. The van der Waals surface area contributed by atoms with Crippen LogP contribution in [0.1, 0.15) is 40.4 Å². The quantitative estimate of drug-likeness (QED) is 0.854. The van der Waals surface area contributed by atoms with Gasteiger partial charge in [-0.15, -0.1) is 0 Å². The van der Waals surface area contributed by atoms with Gasteiger partial charge in [0.1, 0.15) is 11.5 Å². The molecule has 0 radical (unpaired) electrons. The van der Waals surface area contributed by atoms with Crippen LogP contribution in [0.15, 0.2) is 36.4 Å². The Morgan fingerprint density at radius 1 is 1.08 bits per heavy atom. The lowest BCUT2D eigenvalue weighted by Gasteiger charge is -2.36. The maximum absolute atomic E-state index is 13.1. The van der Waals surface area contributed by atoms with Crippen molar-refractivity contribution in [3.8, 4) is 0 Å². The molecule has 3 aliphatic rings. The summed E-state index contributed by atoms with van der Waals surface area (Å²) in [4.78, 5) is 26.3. The summed E-state index contributed by atoms with van der Waals surface area (Å²) in [5.41, 5.74) is 2.73. The van der Waals surface area contributed by atoms with Crippen molar-refractivity contribution >= 4 is 5.91 Å². The molecule has 0 spiro atoms. The molecule has 26 heavy (non-hydrogen) atoms. The zero-order valence-corrected chi connectivity index (χ0v) is 15.6. The monoisotopic (exact) mass is 350 g/mol. The summed E-state index contributed by atoms with van der Waals surface area (Å²) in [7, 11) is 0. The first kappa shape index (κ1) is 17.2. The van der Waals surface area contributed by atoms with Gasteiger partial charge in [0.15, 0.2) is 0 Å². The molecule has 3 saturated heterocycles. The zero-order valence-electron chi connectivity index (χ0n) is 15.6. The second-order valence-corrected chi connectivity index (χ2v) is 7.66. The number of piperidine rings is 1. The van der Waals surface area contributed by atoms with Crippen molar-refractivity contribution in [1.82, 2.24) is 19.8 Å². The molecule has 0 N–H and O–H groups in total. The van der Waals surface area contributed by atoms with Crippen LogP contribution in [-0.4, -0.2) is 51.4 Å². The third-order valence-corrected chi connectivity index (χ3v) is 5.53. The number of aryl methyl sites for hydroxylation is 2. The summed E-state index contributed by atoms with van der Waals surface area (Å²) in [5, 5.41) is 0. The summed E-state index contributed by atoms with van der Waals surface area (Å²) in [6, 6.07) is 12.9. The van der Waals surface area contributed by atoms with Crippen molar-refractivity contribution in [3.05, 3.63) is 59.2 Å². The fourth-order valence-corrected chi connectivity index (χ4v) is 4.34. The Hall–Kier alpha value is -2.27. The molecule has 2 bridgehead atoms. The normalized spacial score (nSPS) is 23.1. The van der Waals surface area contributed by atoms with E-state index in [1.807, 2.05) is 24.8 Å². The Morgan fingerprint density at radius 2 is 1.88 bits per heavy atom. The average Bonchev–Trinajstić information content (AvgIpc) is 2.93. The highest BCUT2D eigenvalue weighted by Crippen LogP contribution is 2.29. The van der Waals surface area contributed by atoms with Crippen LogP contribution in [0, 0.1) is 19.8 Å². The summed E-state index contributed by atoms with van der Waals surface area (Å²) in [6.45, 7) is 7.44. The van der Waals surface area contributed by atoms with Crippen LogP contribution in [0.25, 0.3) is 0 Å². The molecule has 136 valence electrons. The molecule has 5 heteroatoms. The highest BCUT2D eigenvalue weighted by atomic mass is 16.2. The van der Waals surface area contributed by atoms with E-state index in [9.17, 15) is 4.79 Å². The predicted molar refractivity (Wildman–Crippen MR) is 101 cm³/mol. The smallest absolute Gasteiger partial charge is 0.272 e. The van der Waals surface area contributed by atoms with E-state index >= 15 is 0 Å². The Kier molecular flexibility index (Phi) is 4.72. The Morgan fingerprint density at radius 3 is 2.65 bits per heavy atom. The van der Waals surface area contributed by atoms with Crippen LogP contribution >= 0.6 is 0 Å². The molecule has 3 aliphatic heterocycles. The van der Waals surface area contributed by atoms with Gasteiger partial charge < -0.3 is 4.90 Å². The van der Waals surface area contributed by atoms with E-state index in [1.54, 1.807) is 0 Å². The minimum Gasteiger partial charge on any atom is -0.335 e. The fourth-order valence-electron chi connectivity index (χ4n) is 4.34. The van der Waals surface area contributed by atoms with Crippen molar-refractivity contribution in [1.29, 1.82) is 0 Å². The zero-order chi connectivity index (χ0) is 18.1. The van der Waals surface area contributed by atoms with Gasteiger partial charge in [-0.1, -0.05) is 30.3 Å². The highest BCUT2D eigenvalue weighted by Gasteiger charge is 2.36. The maximum Gasteiger partial charge on any atom is 0.272 e. The second kappa shape index (κ2) is 7.16. The molecule has 1 aromatic heterocycles. The molecule has 0 unspecified atom stereocenters. The Labute approximate surface area is 155 Å². The molecule has 5 nitrogen and oxygen atoms in total. The van der Waals surface area contributed by atoms with E-state index in [1.165, 1.54) is 18.4 Å². The third kappa shape index (κ3) is 3.63. The Balaban J connectivity index is 1.51. The van der Waals surface area contributed by atoms with Crippen LogP contribution in [0.3, 0.4) is 0 Å². The van der Waals surface area contributed by atoms with Gasteiger partial charge in [0.05, 0.1) is 0 Å². The molecule has 2 atom stereocenters. The van der Waals surface area contributed by atoms with E-state index in [0.29, 0.717) is 23.5 Å². The SMILES string of the molecule is Cc1cc(C(=O)N2C[C@H]3CC[C@@H](C2)N(Cc2ccccc2)C3)nc(C)n1. The Bertz CT molecular complexity index is 772. The topological polar surface area (TPSA) is 49.3 Å². The number of aromatic nitrogens is 2. The van der Waals surface area contributed by atoms with Crippen LogP contribution in [0.4, 0.5) is 0 Å². The maximum atomic E-state index is 13.1. The molecule has 0 aliphatic carbocycles.